The van der Waals surface area contributed by atoms with Crippen LogP contribution in [0.15, 0.2) is 86.4 Å². The lowest BCUT2D eigenvalue weighted by atomic mass is 9.51. The zero-order chi connectivity index (χ0) is 30.1. The lowest BCUT2D eigenvalue weighted by molar-refractivity contribution is -0.142. The van der Waals surface area contributed by atoms with Crippen LogP contribution in [0.25, 0.3) is 33.1 Å². The van der Waals surface area contributed by atoms with E-state index in [9.17, 15) is 14.7 Å². The number of nitrogens with one attached hydrogen (secondary N) is 1. The Morgan fingerprint density at radius 3 is 2.55 bits per heavy atom. The zero-order valence-electron chi connectivity index (χ0n) is 24.7. The van der Waals surface area contributed by atoms with Crippen LogP contribution in [0.5, 0.6) is 5.75 Å². The number of aryl methyl sites for hydroxylation is 1. The fourth-order valence-corrected chi connectivity index (χ4v) is 8.77. The number of furan rings is 1. The van der Waals surface area contributed by atoms with E-state index in [0.29, 0.717) is 58.4 Å². The summed E-state index contributed by atoms with van der Waals surface area (Å²) in [7, 11) is 0. The van der Waals surface area contributed by atoms with Gasteiger partial charge in [-0.1, -0.05) is 42.5 Å². The number of carbonyl (C=O) groups excluding carboxylic acids is 1. The molecule has 7 heteroatoms. The molecule has 2 heterocycles. The summed E-state index contributed by atoms with van der Waals surface area (Å²) >= 11 is 0. The summed E-state index contributed by atoms with van der Waals surface area (Å²) in [4.78, 5) is 26.5. The number of ketones is 1. The van der Waals surface area contributed by atoms with Gasteiger partial charge in [0, 0.05) is 34.7 Å². The van der Waals surface area contributed by atoms with Crippen molar-refractivity contribution in [3.63, 3.8) is 0 Å². The SMILES string of the molecule is Cc1cc(=O)oc2c1ccc1oc(C(=O)c3cccc(OCCN[C@@]45C[C@@H]6C[C@@H](C[C@@](O)(C6)C4)C5)c3)c(-c3ccccc3)c12. The Balaban J connectivity index is 1.07. The Hall–Kier alpha value is -4.20. The molecular weight excluding hydrogens is 554 g/mol. The molecule has 4 saturated carbocycles. The summed E-state index contributed by atoms with van der Waals surface area (Å²) in [5, 5.41) is 16.2. The number of ether oxygens (including phenoxy) is 1. The van der Waals surface area contributed by atoms with E-state index in [1.54, 1.807) is 12.1 Å². The van der Waals surface area contributed by atoms with Crippen LogP contribution in [-0.2, 0) is 0 Å². The first-order valence-corrected chi connectivity index (χ1v) is 15.6. The van der Waals surface area contributed by atoms with Gasteiger partial charge in [0.15, 0.2) is 5.76 Å². The zero-order valence-corrected chi connectivity index (χ0v) is 24.7. The highest BCUT2D eigenvalue weighted by Crippen LogP contribution is 2.57. The molecule has 4 aliphatic rings. The Morgan fingerprint density at radius 1 is 0.977 bits per heavy atom. The van der Waals surface area contributed by atoms with Crippen LogP contribution < -0.4 is 15.7 Å². The number of benzene rings is 3. The number of carbonyl (C=O) groups is 1. The Morgan fingerprint density at radius 2 is 1.77 bits per heavy atom. The van der Waals surface area contributed by atoms with Crippen molar-refractivity contribution >= 4 is 27.7 Å². The second-order valence-electron chi connectivity index (χ2n) is 13.3. The van der Waals surface area contributed by atoms with E-state index in [4.69, 9.17) is 13.6 Å². The largest absolute Gasteiger partial charge is 0.492 e. The predicted octanol–water partition coefficient (Wildman–Crippen LogP) is 6.80. The maximum Gasteiger partial charge on any atom is 0.336 e. The maximum absolute atomic E-state index is 14.1. The molecule has 5 aromatic rings. The van der Waals surface area contributed by atoms with Gasteiger partial charge in [-0.25, -0.2) is 4.79 Å². The maximum atomic E-state index is 14.1. The second kappa shape index (κ2) is 10.2. The van der Waals surface area contributed by atoms with Gasteiger partial charge in [0.25, 0.3) is 0 Å². The Labute approximate surface area is 254 Å². The molecule has 224 valence electrons. The first-order valence-electron chi connectivity index (χ1n) is 15.6. The average Bonchev–Trinajstić information content (AvgIpc) is 3.39. The van der Waals surface area contributed by atoms with E-state index >= 15 is 0 Å². The summed E-state index contributed by atoms with van der Waals surface area (Å²) < 4.78 is 18.1. The van der Waals surface area contributed by atoms with Gasteiger partial charge in [-0.05, 0) is 92.7 Å². The predicted molar refractivity (Wildman–Crippen MR) is 168 cm³/mol. The molecule has 0 spiro atoms. The van der Waals surface area contributed by atoms with E-state index in [1.807, 2.05) is 61.5 Å². The van der Waals surface area contributed by atoms with Gasteiger partial charge in [-0.2, -0.15) is 0 Å². The molecule has 0 unspecified atom stereocenters. The van der Waals surface area contributed by atoms with Crippen LogP contribution in [0.1, 0.15) is 60.2 Å². The summed E-state index contributed by atoms with van der Waals surface area (Å²) in [5.41, 5.74) is 2.56. The quantitative estimate of drug-likeness (QED) is 0.117. The minimum atomic E-state index is -0.502. The van der Waals surface area contributed by atoms with Crippen molar-refractivity contribution in [2.45, 2.75) is 56.6 Å². The van der Waals surface area contributed by atoms with Gasteiger partial charge in [0.05, 0.1) is 11.0 Å². The lowest BCUT2D eigenvalue weighted by Crippen LogP contribution is -2.64. The van der Waals surface area contributed by atoms with Crippen molar-refractivity contribution in [2.24, 2.45) is 11.8 Å². The van der Waals surface area contributed by atoms with Gasteiger partial charge in [-0.15, -0.1) is 0 Å². The fourth-order valence-electron chi connectivity index (χ4n) is 8.77. The molecule has 4 atom stereocenters. The number of hydrogen-bond donors (Lipinski definition) is 2. The Kier molecular flexibility index (Phi) is 6.33. The van der Waals surface area contributed by atoms with Crippen LogP contribution in [0, 0.1) is 18.8 Å². The van der Waals surface area contributed by atoms with Gasteiger partial charge in [0.2, 0.25) is 5.78 Å². The normalized spacial score (nSPS) is 25.6. The topological polar surface area (TPSA) is 102 Å². The molecule has 4 aliphatic carbocycles. The number of hydrogen-bond acceptors (Lipinski definition) is 7. The third kappa shape index (κ3) is 4.66. The average molecular weight is 590 g/mol. The number of aliphatic hydroxyl groups is 1. The van der Waals surface area contributed by atoms with E-state index < -0.39 is 11.2 Å². The van der Waals surface area contributed by atoms with E-state index in [-0.39, 0.29) is 17.1 Å². The molecular formula is C37H35NO6. The smallest absolute Gasteiger partial charge is 0.336 e. The fraction of sp³-hybridized carbons (Fsp3) is 0.351. The Bertz CT molecular complexity index is 1960. The van der Waals surface area contributed by atoms with Crippen molar-refractivity contribution in [1.29, 1.82) is 0 Å². The summed E-state index contributed by atoms with van der Waals surface area (Å²) in [5.74, 6) is 1.74. The molecule has 0 radical (unpaired) electrons. The summed E-state index contributed by atoms with van der Waals surface area (Å²) in [6.45, 7) is 3.00. The lowest BCUT2D eigenvalue weighted by Gasteiger charge is -2.60. The number of fused-ring (bicyclic) bond motifs is 3. The van der Waals surface area contributed by atoms with Gasteiger partial charge in [0.1, 0.15) is 23.5 Å². The van der Waals surface area contributed by atoms with E-state index in [2.05, 4.69) is 5.32 Å². The molecule has 9 rings (SSSR count). The molecule has 0 amide bonds. The van der Waals surface area contributed by atoms with Gasteiger partial charge < -0.3 is 24.0 Å². The first kappa shape index (κ1) is 27.4. The summed E-state index contributed by atoms with van der Waals surface area (Å²) in [6.07, 6.45) is 6.25. The molecule has 4 fully saturated rings. The number of rotatable bonds is 8. The standard InChI is InChI=1S/C37H35NO6/c1-22-14-30(39)44-34-28(22)10-11-29-32(34)31(25-6-3-2-4-7-25)35(43-29)33(40)26-8-5-9-27(16-26)42-13-12-38-36-17-23-15-24(18-36)20-37(41,19-23)21-36/h2-11,14,16,23-24,38,41H,12-13,15,17-21H2,1H3/t23-,24+,36+,37-. The molecule has 2 N–H and O–H groups in total. The van der Waals surface area contributed by atoms with E-state index in [1.165, 1.54) is 12.5 Å². The molecule has 3 aromatic carbocycles. The van der Waals surface area contributed by atoms with Gasteiger partial charge in [-0.3, -0.25) is 4.79 Å². The monoisotopic (exact) mass is 589 g/mol. The minimum absolute atomic E-state index is 0.0109. The molecule has 0 saturated heterocycles. The molecule has 0 aliphatic heterocycles. The third-order valence-electron chi connectivity index (χ3n) is 10.0. The molecule has 7 nitrogen and oxygen atoms in total. The minimum Gasteiger partial charge on any atom is -0.492 e. The van der Waals surface area contributed by atoms with E-state index in [0.717, 1.165) is 48.6 Å². The summed E-state index contributed by atoms with van der Waals surface area (Å²) in [6, 6.07) is 21.9. The van der Waals surface area contributed by atoms with Gasteiger partial charge >= 0.3 is 5.63 Å². The van der Waals surface area contributed by atoms with Crippen LogP contribution >= 0.6 is 0 Å². The van der Waals surface area contributed by atoms with Crippen molar-refractivity contribution < 1.29 is 23.5 Å². The van der Waals surface area contributed by atoms with Crippen molar-refractivity contribution in [3.05, 3.63) is 100 Å². The molecule has 2 aromatic heterocycles. The highest BCUT2D eigenvalue weighted by Gasteiger charge is 2.56. The highest BCUT2D eigenvalue weighted by molar-refractivity contribution is 6.20. The van der Waals surface area contributed by atoms with Crippen molar-refractivity contribution in [3.8, 4) is 16.9 Å². The van der Waals surface area contributed by atoms with Crippen LogP contribution in [0.2, 0.25) is 0 Å². The molecule has 44 heavy (non-hydrogen) atoms. The first-order chi connectivity index (χ1) is 21.3. The van der Waals surface area contributed by atoms with Crippen LogP contribution in [0.3, 0.4) is 0 Å². The highest BCUT2D eigenvalue weighted by atomic mass is 16.5. The van der Waals surface area contributed by atoms with Crippen LogP contribution in [0.4, 0.5) is 0 Å². The molecule has 4 bridgehead atoms. The third-order valence-corrected chi connectivity index (χ3v) is 10.0. The van der Waals surface area contributed by atoms with Crippen molar-refractivity contribution in [2.75, 3.05) is 13.2 Å². The van der Waals surface area contributed by atoms with Crippen LogP contribution in [-0.4, -0.2) is 35.2 Å². The second-order valence-corrected chi connectivity index (χ2v) is 13.3. The van der Waals surface area contributed by atoms with Crippen molar-refractivity contribution in [1.82, 2.24) is 5.32 Å².